The molecule has 5 rings (SSSR count). The minimum Gasteiger partial charge on any atom is -0.477 e. The van der Waals surface area contributed by atoms with Crippen LogP contribution in [-0.4, -0.2) is 70.4 Å². The molecule has 1 saturated carbocycles. The molecule has 3 aromatic heterocycles. The van der Waals surface area contributed by atoms with Gasteiger partial charge >= 0.3 is 5.97 Å². The molecule has 0 unspecified atom stereocenters. The van der Waals surface area contributed by atoms with Crippen LogP contribution in [0.4, 0.5) is 17.5 Å². The quantitative estimate of drug-likeness (QED) is 0.450. The lowest BCUT2D eigenvalue weighted by molar-refractivity contribution is 0.0683. The van der Waals surface area contributed by atoms with Crippen LogP contribution in [-0.2, 0) is 0 Å². The first-order chi connectivity index (χ1) is 16.5. The molecule has 2 fully saturated rings. The number of fused-ring (bicyclic) bond motifs is 1. The average Bonchev–Trinajstić information content (AvgIpc) is 3.48. The first-order valence-electron chi connectivity index (χ1n) is 11.9. The van der Waals surface area contributed by atoms with E-state index in [-0.39, 0.29) is 11.7 Å². The number of carbonyl (C=O) groups is 1. The lowest BCUT2D eigenvalue weighted by Gasteiger charge is -2.33. The summed E-state index contributed by atoms with van der Waals surface area (Å²) in [6.45, 7) is 5.06. The molecule has 0 amide bonds. The number of nitrogens with one attached hydrogen (secondary N) is 3. The second-order valence-corrected chi connectivity index (χ2v) is 8.94. The van der Waals surface area contributed by atoms with E-state index in [1.807, 2.05) is 30.9 Å². The van der Waals surface area contributed by atoms with Gasteiger partial charge in [-0.15, -0.1) is 0 Å². The summed E-state index contributed by atoms with van der Waals surface area (Å²) in [5, 5.41) is 19.8. The predicted molar refractivity (Wildman–Crippen MR) is 134 cm³/mol. The van der Waals surface area contributed by atoms with Crippen LogP contribution in [0.3, 0.4) is 0 Å². The molecule has 0 bridgehead atoms. The molecular formula is C24H34N8O2. The van der Waals surface area contributed by atoms with Crippen LogP contribution >= 0.6 is 0 Å². The molecule has 10 nitrogen and oxygen atoms in total. The van der Waals surface area contributed by atoms with Crippen molar-refractivity contribution in [2.75, 3.05) is 43.9 Å². The number of hydrogen-bond donors (Lipinski definition) is 4. The van der Waals surface area contributed by atoms with Gasteiger partial charge in [0.1, 0.15) is 17.2 Å². The molecule has 1 saturated heterocycles. The summed E-state index contributed by atoms with van der Waals surface area (Å²) < 4.78 is 1.87. The van der Waals surface area contributed by atoms with Crippen LogP contribution in [0, 0.1) is 0 Å². The fourth-order valence-electron chi connectivity index (χ4n) is 4.69. The Bertz CT molecular complexity index is 1110. The number of anilines is 3. The van der Waals surface area contributed by atoms with Gasteiger partial charge in [0.2, 0.25) is 5.95 Å². The first kappa shape index (κ1) is 23.9. The normalized spacial score (nSPS) is 18.6. The molecule has 10 heteroatoms. The largest absolute Gasteiger partial charge is 0.477 e. The Morgan fingerprint density at radius 1 is 1.18 bits per heavy atom. The molecule has 3 aromatic rings. The van der Waals surface area contributed by atoms with E-state index >= 15 is 0 Å². The van der Waals surface area contributed by atoms with E-state index in [0.29, 0.717) is 23.5 Å². The number of pyridine rings is 1. The summed E-state index contributed by atoms with van der Waals surface area (Å²) in [7, 11) is 3.75. The monoisotopic (exact) mass is 466 g/mol. The number of hydrogen-bond acceptors (Lipinski definition) is 8. The van der Waals surface area contributed by atoms with Crippen molar-refractivity contribution in [1.29, 1.82) is 0 Å². The van der Waals surface area contributed by atoms with E-state index in [2.05, 4.69) is 48.8 Å². The topological polar surface area (TPSA) is 120 Å². The molecule has 0 radical (unpaired) electrons. The van der Waals surface area contributed by atoms with Gasteiger partial charge in [0, 0.05) is 43.3 Å². The Labute approximate surface area is 199 Å². The molecule has 1 atom stereocenters. The second kappa shape index (κ2) is 10.8. The zero-order chi connectivity index (χ0) is 24.1. The highest BCUT2D eigenvalue weighted by Crippen LogP contribution is 2.34. The Balaban J connectivity index is 0.000000868. The fourth-order valence-corrected chi connectivity index (χ4v) is 4.69. The Morgan fingerprint density at radius 2 is 1.94 bits per heavy atom. The van der Waals surface area contributed by atoms with Crippen LogP contribution in [0.2, 0.25) is 0 Å². The Kier molecular flexibility index (Phi) is 7.59. The van der Waals surface area contributed by atoms with Gasteiger partial charge in [-0.3, -0.25) is 0 Å². The molecule has 0 aromatic carbocycles. The number of piperazine rings is 1. The molecule has 4 N–H and O–H groups in total. The van der Waals surface area contributed by atoms with Crippen LogP contribution in [0.5, 0.6) is 0 Å². The summed E-state index contributed by atoms with van der Waals surface area (Å²) >= 11 is 0. The molecule has 4 heterocycles. The second-order valence-electron chi connectivity index (χ2n) is 8.94. The van der Waals surface area contributed by atoms with Crippen LogP contribution in [0.15, 0.2) is 30.6 Å². The number of carboxylic acids is 1. The van der Waals surface area contributed by atoms with Gasteiger partial charge in [0.25, 0.3) is 0 Å². The maximum Gasteiger partial charge on any atom is 0.352 e. The summed E-state index contributed by atoms with van der Waals surface area (Å²) in [5.74, 6) is 0.139. The summed E-state index contributed by atoms with van der Waals surface area (Å²) in [6, 6.07) is 6.27. The van der Waals surface area contributed by atoms with Gasteiger partial charge in [-0.05, 0) is 52.1 Å². The van der Waals surface area contributed by atoms with Crippen molar-refractivity contribution in [2.45, 2.75) is 44.7 Å². The smallest absolute Gasteiger partial charge is 0.352 e. The highest BCUT2D eigenvalue weighted by molar-refractivity contribution is 5.93. The number of rotatable bonds is 5. The van der Waals surface area contributed by atoms with Gasteiger partial charge in [-0.25, -0.2) is 14.8 Å². The Hall–Kier alpha value is -3.24. The Morgan fingerprint density at radius 3 is 2.59 bits per heavy atom. The van der Waals surface area contributed by atoms with E-state index in [0.717, 1.165) is 56.4 Å². The third kappa shape index (κ3) is 5.28. The average molecular weight is 467 g/mol. The number of aromatic nitrogens is 4. The summed E-state index contributed by atoms with van der Waals surface area (Å²) in [6.07, 6.45) is 7.72. The van der Waals surface area contributed by atoms with Gasteiger partial charge < -0.3 is 30.5 Å². The lowest BCUT2D eigenvalue weighted by atomic mass is 10.2. The molecule has 34 heavy (non-hydrogen) atoms. The minimum absolute atomic E-state index is 0.171. The van der Waals surface area contributed by atoms with Crippen molar-refractivity contribution in [1.82, 2.24) is 30.2 Å². The van der Waals surface area contributed by atoms with E-state index in [1.165, 1.54) is 0 Å². The molecular weight excluding hydrogens is 432 g/mol. The third-order valence-electron chi connectivity index (χ3n) is 6.21. The first-order valence-corrected chi connectivity index (χ1v) is 11.9. The van der Waals surface area contributed by atoms with Gasteiger partial charge in [0.15, 0.2) is 0 Å². The minimum atomic E-state index is -0.932. The number of nitrogens with zero attached hydrogens (tertiary/aromatic N) is 5. The van der Waals surface area contributed by atoms with Crippen LogP contribution in [0.25, 0.3) is 11.0 Å². The van der Waals surface area contributed by atoms with Gasteiger partial charge in [0.05, 0.1) is 11.9 Å². The van der Waals surface area contributed by atoms with Crippen molar-refractivity contribution < 1.29 is 9.90 Å². The zero-order valence-electron chi connectivity index (χ0n) is 20.1. The highest BCUT2D eigenvalue weighted by atomic mass is 16.4. The lowest BCUT2D eigenvalue weighted by Crippen LogP contribution is -2.49. The van der Waals surface area contributed by atoms with E-state index in [9.17, 15) is 9.90 Å². The molecule has 182 valence electrons. The van der Waals surface area contributed by atoms with Crippen LogP contribution < -0.4 is 20.9 Å². The van der Waals surface area contributed by atoms with Gasteiger partial charge in [-0.1, -0.05) is 12.8 Å². The fraction of sp³-hybridized carbons (Fsp3) is 0.500. The SMILES string of the molecule is CNC.C[C@H]1CN(c2ccc(Nc3ncc4cc(C(=O)O)n(C5CCCC5)c4n3)nc2)CCN1. The van der Waals surface area contributed by atoms with Crippen LogP contribution in [0.1, 0.15) is 49.1 Å². The van der Waals surface area contributed by atoms with Crippen molar-refractivity contribution >= 4 is 34.5 Å². The third-order valence-corrected chi connectivity index (χ3v) is 6.21. The van der Waals surface area contributed by atoms with Gasteiger partial charge in [-0.2, -0.15) is 4.98 Å². The zero-order valence-corrected chi connectivity index (χ0v) is 20.1. The molecule has 1 aliphatic carbocycles. The van der Waals surface area contributed by atoms with Crippen molar-refractivity contribution in [3.05, 3.63) is 36.3 Å². The standard InChI is InChI=1S/C22H27N7O2.C2H7N/c1-14-13-28(9-8-23-14)17-6-7-19(24-12-17)26-22-25-11-15-10-18(21(30)31)29(20(15)27-22)16-4-2-3-5-16;1-3-2/h6-7,10-12,14,16,23H,2-5,8-9,13H2,1H3,(H,30,31)(H,24,25,26,27);3H,1-2H3/t14-;/m0./s1. The summed E-state index contributed by atoms with van der Waals surface area (Å²) in [5.41, 5.74) is 2.03. The highest BCUT2D eigenvalue weighted by Gasteiger charge is 2.25. The number of carboxylic acid groups (broad SMARTS) is 1. The van der Waals surface area contributed by atoms with Crippen molar-refractivity contribution in [3.8, 4) is 0 Å². The molecule has 0 spiro atoms. The molecule has 1 aliphatic heterocycles. The predicted octanol–water partition coefficient (Wildman–Crippen LogP) is 3.02. The van der Waals surface area contributed by atoms with Crippen molar-refractivity contribution in [2.24, 2.45) is 0 Å². The van der Waals surface area contributed by atoms with Crippen molar-refractivity contribution in [3.63, 3.8) is 0 Å². The summed E-state index contributed by atoms with van der Waals surface area (Å²) in [4.78, 5) is 27.7. The van der Waals surface area contributed by atoms with E-state index in [1.54, 1.807) is 12.3 Å². The maximum absolute atomic E-state index is 11.8. The van der Waals surface area contributed by atoms with E-state index < -0.39 is 5.97 Å². The maximum atomic E-state index is 11.8. The van der Waals surface area contributed by atoms with E-state index in [4.69, 9.17) is 0 Å². The molecule has 2 aliphatic rings. The number of aromatic carboxylic acids is 1.